The van der Waals surface area contributed by atoms with Crippen LogP contribution >= 0.6 is 0 Å². The predicted octanol–water partition coefficient (Wildman–Crippen LogP) is 3.35. The number of rotatable bonds is 3. The summed E-state index contributed by atoms with van der Waals surface area (Å²) in [5, 5.41) is 4.30. The van der Waals surface area contributed by atoms with Crippen molar-refractivity contribution >= 4 is 44.6 Å². The van der Waals surface area contributed by atoms with E-state index in [1.807, 2.05) is 18.2 Å². The normalized spacial score (nSPS) is 16.0. The first-order valence-electron chi connectivity index (χ1n) is 7.35. The predicted molar refractivity (Wildman–Crippen MR) is 92.3 cm³/mol. The monoisotopic (exact) mass is 325 g/mol. The number of hydrogen-bond donors (Lipinski definition) is 2. The zero-order valence-electron chi connectivity index (χ0n) is 12.8. The maximum absolute atomic E-state index is 11.9. The van der Waals surface area contributed by atoms with E-state index in [1.165, 1.54) is 11.9 Å². The Morgan fingerprint density at radius 1 is 1.30 bits per heavy atom. The van der Waals surface area contributed by atoms with Crippen molar-refractivity contribution in [2.45, 2.75) is 25.2 Å². The second-order valence-electron chi connectivity index (χ2n) is 5.37. The molecule has 0 bridgehead atoms. The maximum atomic E-state index is 11.9. The fourth-order valence-electron chi connectivity index (χ4n) is 2.83. The fraction of sp³-hybridized carbons (Fsp3) is 0.188. The first-order valence-corrected chi connectivity index (χ1v) is 8.56. The van der Waals surface area contributed by atoms with Gasteiger partial charge in [0.2, 0.25) is 0 Å². The summed E-state index contributed by atoms with van der Waals surface area (Å²) in [5.41, 5.74) is 6.19. The van der Waals surface area contributed by atoms with Gasteiger partial charge < -0.3 is 10.3 Å². The Morgan fingerprint density at radius 3 is 3.00 bits per heavy atom. The van der Waals surface area contributed by atoms with Crippen molar-refractivity contribution in [2.75, 3.05) is 5.32 Å². The van der Waals surface area contributed by atoms with E-state index in [0.29, 0.717) is 0 Å². The van der Waals surface area contributed by atoms with Gasteiger partial charge in [0.25, 0.3) is 0 Å². The summed E-state index contributed by atoms with van der Waals surface area (Å²) in [7, 11) is -1.17. The summed E-state index contributed by atoms with van der Waals surface area (Å²) in [6, 6.07) is 5.63. The molecule has 2 aromatic heterocycles. The van der Waals surface area contributed by atoms with E-state index in [4.69, 9.17) is 0 Å². The van der Waals surface area contributed by atoms with E-state index < -0.39 is 10.8 Å². The molecule has 6 nitrogen and oxygen atoms in total. The van der Waals surface area contributed by atoms with Crippen molar-refractivity contribution in [3.8, 4) is 0 Å². The SMILES string of the molecule is CCc1[nH]c2ncnc(Nc3ccc4c(c3)S(=O)C=N4)c2c1C. The highest BCUT2D eigenvalue weighted by Crippen LogP contribution is 2.33. The number of aliphatic imine (C=N–C) groups is 1. The van der Waals surface area contributed by atoms with Crippen LogP contribution in [0.5, 0.6) is 0 Å². The number of aromatic amines is 1. The Morgan fingerprint density at radius 2 is 2.17 bits per heavy atom. The molecule has 0 spiro atoms. The van der Waals surface area contributed by atoms with E-state index >= 15 is 0 Å². The van der Waals surface area contributed by atoms with Crippen LogP contribution in [0.4, 0.5) is 17.2 Å². The zero-order valence-corrected chi connectivity index (χ0v) is 13.6. The molecule has 0 fully saturated rings. The topological polar surface area (TPSA) is 83.0 Å². The van der Waals surface area contributed by atoms with Gasteiger partial charge in [-0.25, -0.2) is 19.2 Å². The van der Waals surface area contributed by atoms with E-state index in [1.54, 1.807) is 0 Å². The molecule has 2 N–H and O–H groups in total. The zero-order chi connectivity index (χ0) is 16.0. The fourth-order valence-corrected chi connectivity index (χ4v) is 3.72. The molecule has 1 aliphatic rings. The van der Waals surface area contributed by atoms with Crippen molar-refractivity contribution in [1.29, 1.82) is 0 Å². The molecule has 0 amide bonds. The summed E-state index contributed by atoms with van der Waals surface area (Å²) in [6.45, 7) is 4.17. The van der Waals surface area contributed by atoms with E-state index in [-0.39, 0.29) is 0 Å². The van der Waals surface area contributed by atoms with Gasteiger partial charge in [-0.3, -0.25) is 0 Å². The standard InChI is InChI=1S/C16H15N5OS/c1-3-11-9(2)14-15(17-7-18-16(14)21-11)20-10-4-5-12-13(6-10)23(22)8-19-12/h4-8H,3H2,1-2H3,(H2,17,18,20,21). The van der Waals surface area contributed by atoms with Gasteiger partial charge in [0.15, 0.2) is 0 Å². The molecule has 3 heterocycles. The van der Waals surface area contributed by atoms with Crippen LogP contribution in [-0.4, -0.2) is 24.7 Å². The minimum Gasteiger partial charge on any atom is -0.343 e. The van der Waals surface area contributed by atoms with Crippen molar-refractivity contribution in [3.05, 3.63) is 35.8 Å². The average Bonchev–Trinajstić information content (AvgIpc) is 3.09. The molecule has 1 atom stereocenters. The van der Waals surface area contributed by atoms with Gasteiger partial charge in [-0.05, 0) is 37.1 Å². The van der Waals surface area contributed by atoms with E-state index in [9.17, 15) is 4.21 Å². The Bertz CT molecular complexity index is 976. The number of H-pyrrole nitrogens is 1. The van der Waals surface area contributed by atoms with Gasteiger partial charge in [0, 0.05) is 11.4 Å². The van der Waals surface area contributed by atoms with Crippen LogP contribution in [-0.2, 0) is 17.2 Å². The smallest absolute Gasteiger partial charge is 0.143 e. The third-order valence-corrected chi connectivity index (χ3v) is 5.08. The molecule has 1 aromatic carbocycles. The van der Waals surface area contributed by atoms with E-state index in [0.717, 1.165) is 50.8 Å². The highest BCUT2D eigenvalue weighted by Gasteiger charge is 2.16. The van der Waals surface area contributed by atoms with Gasteiger partial charge in [-0.15, -0.1) is 0 Å². The number of nitrogens with zero attached hydrogens (tertiary/aromatic N) is 3. The summed E-state index contributed by atoms with van der Waals surface area (Å²) in [6.07, 6.45) is 2.45. The van der Waals surface area contributed by atoms with Gasteiger partial charge >= 0.3 is 0 Å². The second-order valence-corrected chi connectivity index (χ2v) is 6.61. The lowest BCUT2D eigenvalue weighted by atomic mass is 10.1. The first kappa shape index (κ1) is 14.1. The van der Waals surface area contributed by atoms with Crippen LogP contribution in [0.1, 0.15) is 18.2 Å². The lowest BCUT2D eigenvalue weighted by molar-refractivity contribution is 0.691. The van der Waals surface area contributed by atoms with Crippen LogP contribution in [0.2, 0.25) is 0 Å². The van der Waals surface area contributed by atoms with E-state index in [2.05, 4.69) is 39.1 Å². The number of aromatic nitrogens is 3. The van der Waals surface area contributed by atoms with Crippen LogP contribution in [0.25, 0.3) is 11.0 Å². The quantitative estimate of drug-likeness (QED) is 0.773. The lowest BCUT2D eigenvalue weighted by Crippen LogP contribution is -1.97. The third kappa shape index (κ3) is 2.24. The Labute approximate surface area is 135 Å². The molecule has 1 aliphatic heterocycles. The van der Waals surface area contributed by atoms with Gasteiger partial charge in [-0.1, -0.05) is 6.92 Å². The molecule has 23 heavy (non-hydrogen) atoms. The summed E-state index contributed by atoms with van der Waals surface area (Å²) in [5.74, 6) is 0.744. The molecular weight excluding hydrogens is 310 g/mol. The van der Waals surface area contributed by atoms with Crippen LogP contribution in [0.15, 0.2) is 34.4 Å². The van der Waals surface area contributed by atoms with Crippen LogP contribution in [0.3, 0.4) is 0 Å². The minimum absolute atomic E-state index is 0.723. The maximum Gasteiger partial charge on any atom is 0.143 e. The number of nitrogens with one attached hydrogen (secondary N) is 2. The molecule has 3 aromatic rings. The Balaban J connectivity index is 1.78. The highest BCUT2D eigenvalue weighted by molar-refractivity contribution is 7.99. The molecule has 0 saturated carbocycles. The number of anilines is 2. The van der Waals surface area contributed by atoms with Crippen molar-refractivity contribution in [3.63, 3.8) is 0 Å². The molecule has 0 aliphatic carbocycles. The number of hydrogen-bond acceptors (Lipinski definition) is 5. The first-order chi connectivity index (χ1) is 11.2. The second kappa shape index (κ2) is 5.27. The van der Waals surface area contributed by atoms with Crippen molar-refractivity contribution in [2.24, 2.45) is 4.99 Å². The number of benzene rings is 1. The lowest BCUT2D eigenvalue weighted by Gasteiger charge is -2.08. The molecule has 0 radical (unpaired) electrons. The van der Waals surface area contributed by atoms with Crippen molar-refractivity contribution in [1.82, 2.24) is 15.0 Å². The van der Waals surface area contributed by atoms with Crippen LogP contribution < -0.4 is 5.32 Å². The van der Waals surface area contributed by atoms with Gasteiger partial charge in [0.1, 0.15) is 17.8 Å². The summed E-state index contributed by atoms with van der Waals surface area (Å²) < 4.78 is 11.9. The van der Waals surface area contributed by atoms with Crippen LogP contribution in [0, 0.1) is 6.92 Å². The average molecular weight is 325 g/mol. The Kier molecular flexibility index (Phi) is 3.23. The molecule has 0 saturated heterocycles. The van der Waals surface area contributed by atoms with Gasteiger partial charge in [0.05, 0.1) is 32.3 Å². The number of fused-ring (bicyclic) bond motifs is 2. The third-order valence-electron chi connectivity index (χ3n) is 4.02. The molecule has 116 valence electrons. The van der Waals surface area contributed by atoms with Gasteiger partial charge in [-0.2, -0.15) is 0 Å². The van der Waals surface area contributed by atoms with Crippen molar-refractivity contribution < 1.29 is 4.21 Å². The largest absolute Gasteiger partial charge is 0.343 e. The summed E-state index contributed by atoms with van der Waals surface area (Å²) in [4.78, 5) is 16.9. The number of aryl methyl sites for hydroxylation is 2. The molecule has 7 heteroatoms. The molecular formula is C16H15N5OS. The molecule has 4 rings (SSSR count). The molecule has 1 unspecified atom stereocenters. The highest BCUT2D eigenvalue weighted by atomic mass is 32.2. The minimum atomic E-state index is -1.17. The Hall–Kier alpha value is -2.54. The summed E-state index contributed by atoms with van der Waals surface area (Å²) >= 11 is 0.